The molecule has 2 aromatic rings. The van der Waals surface area contributed by atoms with E-state index in [-0.39, 0.29) is 5.97 Å². The first kappa shape index (κ1) is 14.1. The summed E-state index contributed by atoms with van der Waals surface area (Å²) in [5, 5.41) is 0.561. The van der Waals surface area contributed by atoms with Gasteiger partial charge in [0.25, 0.3) is 0 Å². The van der Waals surface area contributed by atoms with E-state index in [9.17, 15) is 4.79 Å². The molecule has 0 saturated carbocycles. The van der Waals surface area contributed by atoms with Gasteiger partial charge in [-0.25, -0.2) is 4.79 Å². The summed E-state index contributed by atoms with van der Waals surface area (Å²) in [6.07, 6.45) is 1.93. The van der Waals surface area contributed by atoms with Crippen molar-refractivity contribution in [3.05, 3.63) is 40.3 Å². The first-order chi connectivity index (χ1) is 9.87. The number of anilines is 1. The van der Waals surface area contributed by atoms with E-state index in [1.54, 1.807) is 0 Å². The normalized spacial score (nSPS) is 13.5. The molecule has 0 saturated heterocycles. The second kappa shape index (κ2) is 4.88. The van der Waals surface area contributed by atoms with Crippen LogP contribution in [0.3, 0.4) is 0 Å². The molecule has 110 valence electrons. The molecule has 0 bridgehead atoms. The van der Waals surface area contributed by atoms with Crippen molar-refractivity contribution in [3.63, 3.8) is 0 Å². The number of benzene rings is 1. The maximum Gasteiger partial charge on any atom is 0.342 e. The average Bonchev–Trinajstić information content (AvgIpc) is 2.73. The summed E-state index contributed by atoms with van der Waals surface area (Å²) < 4.78 is 5.53. The van der Waals surface area contributed by atoms with Gasteiger partial charge in [0.15, 0.2) is 0 Å². The Morgan fingerprint density at radius 2 is 1.95 bits per heavy atom. The molecule has 0 amide bonds. The summed E-state index contributed by atoms with van der Waals surface area (Å²) in [4.78, 5) is 13.7. The summed E-state index contributed by atoms with van der Waals surface area (Å²) in [6, 6.07) is 8.21. The van der Waals surface area contributed by atoms with Crippen molar-refractivity contribution in [2.75, 3.05) is 5.73 Å². The van der Waals surface area contributed by atoms with Crippen LogP contribution in [0.1, 0.15) is 41.6 Å². The first-order valence-electron chi connectivity index (χ1n) is 7.09. The Morgan fingerprint density at radius 3 is 2.67 bits per heavy atom. The summed E-state index contributed by atoms with van der Waals surface area (Å²) in [5.41, 5.74) is 9.50. The number of carbonyl (C=O) groups excluding carboxylic acids is 1. The second-order valence-corrected chi connectivity index (χ2v) is 7.44. The van der Waals surface area contributed by atoms with Crippen molar-refractivity contribution in [2.24, 2.45) is 0 Å². The molecule has 0 unspecified atom stereocenters. The zero-order chi connectivity index (χ0) is 15.2. The predicted molar refractivity (Wildman–Crippen MR) is 86.7 cm³/mol. The number of nitrogen functional groups attached to an aromatic ring is 1. The fraction of sp³-hybridized carbons (Fsp3) is 0.353. The van der Waals surface area contributed by atoms with Crippen LogP contribution in [0.5, 0.6) is 0 Å². The van der Waals surface area contributed by atoms with E-state index in [1.165, 1.54) is 21.8 Å². The van der Waals surface area contributed by atoms with Gasteiger partial charge in [0.2, 0.25) is 0 Å². The maximum atomic E-state index is 12.5. The number of ether oxygens (including phenoxy) is 1. The van der Waals surface area contributed by atoms with E-state index in [4.69, 9.17) is 10.5 Å². The number of hydrogen-bond acceptors (Lipinski definition) is 4. The minimum Gasteiger partial charge on any atom is -0.456 e. The van der Waals surface area contributed by atoms with Crippen molar-refractivity contribution >= 4 is 22.3 Å². The largest absolute Gasteiger partial charge is 0.456 e. The average molecular weight is 301 g/mol. The van der Waals surface area contributed by atoms with E-state index in [0.717, 1.165) is 24.0 Å². The Bertz CT molecular complexity index is 710. The molecule has 1 heterocycles. The van der Waals surface area contributed by atoms with Gasteiger partial charge in [-0.2, -0.15) is 0 Å². The quantitative estimate of drug-likeness (QED) is 0.808. The first-order valence-corrected chi connectivity index (χ1v) is 7.91. The molecule has 1 aliphatic rings. The minimum atomic E-state index is -0.521. The highest BCUT2D eigenvalue weighted by atomic mass is 32.1. The summed E-state index contributed by atoms with van der Waals surface area (Å²) >= 11 is 1.51. The molecule has 0 fully saturated rings. The van der Waals surface area contributed by atoms with E-state index in [1.807, 2.05) is 32.9 Å². The lowest BCUT2D eigenvalue weighted by atomic mass is 9.88. The van der Waals surface area contributed by atoms with Crippen LogP contribution in [0.25, 0.3) is 11.1 Å². The number of thiophene rings is 1. The Balaban J connectivity index is 2.13. The third-order valence-electron chi connectivity index (χ3n) is 3.52. The second-order valence-electron chi connectivity index (χ2n) is 6.30. The molecule has 0 radical (unpaired) electrons. The molecule has 3 nitrogen and oxygen atoms in total. The monoisotopic (exact) mass is 301 g/mol. The molecule has 0 aliphatic heterocycles. The highest BCUT2D eigenvalue weighted by molar-refractivity contribution is 7.17. The lowest BCUT2D eigenvalue weighted by Gasteiger charge is -2.21. The summed E-state index contributed by atoms with van der Waals surface area (Å²) in [6.45, 7) is 5.61. The van der Waals surface area contributed by atoms with Gasteiger partial charge < -0.3 is 10.5 Å². The molecule has 2 N–H and O–H groups in total. The number of esters is 1. The van der Waals surface area contributed by atoms with Crippen LogP contribution in [0.4, 0.5) is 5.00 Å². The molecule has 0 atom stereocenters. The zero-order valence-electron chi connectivity index (χ0n) is 12.5. The van der Waals surface area contributed by atoms with Crippen LogP contribution in [0.2, 0.25) is 0 Å². The number of rotatable bonds is 1. The van der Waals surface area contributed by atoms with Crippen LogP contribution < -0.4 is 5.73 Å². The van der Waals surface area contributed by atoms with Crippen molar-refractivity contribution in [3.8, 4) is 11.1 Å². The molecular weight excluding hydrogens is 282 g/mol. The molecular formula is C17H19NO2S. The van der Waals surface area contributed by atoms with Gasteiger partial charge in [0, 0.05) is 10.4 Å². The summed E-state index contributed by atoms with van der Waals surface area (Å²) in [5.74, 6) is -0.325. The van der Waals surface area contributed by atoms with E-state index < -0.39 is 5.60 Å². The standard InChI is InChI=1S/C17H19NO2S/c1-17(2,3)20-16(19)14-13-11-7-5-4-6-10(11)8-9-12(13)21-15(14)18/h4-7H,8-9,18H2,1-3H3. The third-order valence-corrected chi connectivity index (χ3v) is 4.60. The van der Waals surface area contributed by atoms with Crippen LogP contribution in [0, 0.1) is 0 Å². The van der Waals surface area contributed by atoms with Crippen molar-refractivity contribution in [1.82, 2.24) is 0 Å². The Kier molecular flexibility index (Phi) is 3.29. The Labute approximate surface area is 128 Å². The van der Waals surface area contributed by atoms with Gasteiger partial charge in [-0.15, -0.1) is 11.3 Å². The molecule has 0 spiro atoms. The van der Waals surface area contributed by atoms with Crippen molar-refractivity contribution in [2.45, 2.75) is 39.2 Å². The summed E-state index contributed by atoms with van der Waals surface area (Å²) in [7, 11) is 0. The topological polar surface area (TPSA) is 52.3 Å². The van der Waals surface area contributed by atoms with Crippen LogP contribution in [0.15, 0.2) is 24.3 Å². The van der Waals surface area contributed by atoms with Gasteiger partial charge in [-0.05, 0) is 44.7 Å². The molecule has 1 aromatic carbocycles. The molecule has 21 heavy (non-hydrogen) atoms. The number of nitrogens with two attached hydrogens (primary N) is 1. The highest BCUT2D eigenvalue weighted by Crippen LogP contribution is 2.44. The molecule has 4 heteroatoms. The SMILES string of the molecule is CC(C)(C)OC(=O)c1c(N)sc2c1-c1ccccc1CC2. The number of carbonyl (C=O) groups is 1. The fourth-order valence-corrected chi connectivity index (χ4v) is 3.79. The van der Waals surface area contributed by atoms with E-state index in [2.05, 4.69) is 12.1 Å². The molecule has 3 rings (SSSR count). The Hall–Kier alpha value is -1.81. The van der Waals surface area contributed by atoms with Gasteiger partial charge in [-0.1, -0.05) is 24.3 Å². The Morgan fingerprint density at radius 1 is 1.24 bits per heavy atom. The number of hydrogen-bond donors (Lipinski definition) is 1. The van der Waals surface area contributed by atoms with E-state index >= 15 is 0 Å². The molecule has 1 aliphatic carbocycles. The smallest absolute Gasteiger partial charge is 0.342 e. The van der Waals surface area contributed by atoms with Gasteiger partial charge in [-0.3, -0.25) is 0 Å². The third kappa shape index (κ3) is 2.56. The predicted octanol–water partition coefficient (Wildman–Crippen LogP) is 4.05. The maximum absolute atomic E-state index is 12.5. The van der Waals surface area contributed by atoms with Gasteiger partial charge >= 0.3 is 5.97 Å². The lowest BCUT2D eigenvalue weighted by molar-refractivity contribution is 0.00721. The highest BCUT2D eigenvalue weighted by Gasteiger charge is 2.30. The van der Waals surface area contributed by atoms with Crippen LogP contribution >= 0.6 is 11.3 Å². The van der Waals surface area contributed by atoms with Crippen molar-refractivity contribution in [1.29, 1.82) is 0 Å². The van der Waals surface area contributed by atoms with E-state index in [0.29, 0.717) is 10.6 Å². The number of fused-ring (bicyclic) bond motifs is 3. The van der Waals surface area contributed by atoms with Crippen LogP contribution in [-0.4, -0.2) is 11.6 Å². The van der Waals surface area contributed by atoms with Gasteiger partial charge in [0.1, 0.15) is 16.2 Å². The zero-order valence-corrected chi connectivity index (χ0v) is 13.3. The lowest BCUT2D eigenvalue weighted by Crippen LogP contribution is -2.24. The number of aryl methyl sites for hydroxylation is 2. The minimum absolute atomic E-state index is 0.325. The van der Waals surface area contributed by atoms with Crippen LogP contribution in [-0.2, 0) is 17.6 Å². The van der Waals surface area contributed by atoms with Crippen molar-refractivity contribution < 1.29 is 9.53 Å². The fourth-order valence-electron chi connectivity index (χ4n) is 2.72. The molecule has 1 aromatic heterocycles. The van der Waals surface area contributed by atoms with Gasteiger partial charge in [0.05, 0.1) is 0 Å².